The highest BCUT2D eigenvalue weighted by molar-refractivity contribution is 6.01. The Balaban J connectivity index is 1.71. The third kappa shape index (κ3) is 2.75. The van der Waals surface area contributed by atoms with E-state index in [4.69, 9.17) is 4.52 Å². The zero-order valence-corrected chi connectivity index (χ0v) is 13.2. The molecule has 0 spiro atoms. The highest BCUT2D eigenvalue weighted by Crippen LogP contribution is 2.33. The summed E-state index contributed by atoms with van der Waals surface area (Å²) in [4.78, 5) is 22.2. The first-order chi connectivity index (χ1) is 12.0. The molecule has 0 saturated heterocycles. The molecule has 3 heterocycles. The molecular formula is C17H12F2N4O2. The smallest absolute Gasteiger partial charge is 0.233 e. The minimum absolute atomic E-state index is 0.132. The number of anilines is 1. The largest absolute Gasteiger partial charge is 0.340 e. The van der Waals surface area contributed by atoms with Crippen molar-refractivity contribution in [1.29, 1.82) is 0 Å². The zero-order chi connectivity index (χ0) is 17.6. The van der Waals surface area contributed by atoms with E-state index in [1.165, 1.54) is 11.0 Å². The van der Waals surface area contributed by atoms with Gasteiger partial charge >= 0.3 is 0 Å². The molecule has 6 nitrogen and oxygen atoms in total. The lowest BCUT2D eigenvalue weighted by Gasteiger charge is -2.15. The molecule has 0 fully saturated rings. The van der Waals surface area contributed by atoms with E-state index in [9.17, 15) is 13.6 Å². The number of aryl methyl sites for hydroxylation is 1. The average molecular weight is 342 g/mol. The number of carbonyl (C=O) groups is 1. The van der Waals surface area contributed by atoms with Crippen molar-refractivity contribution >= 4 is 11.6 Å². The molecule has 0 bridgehead atoms. The highest BCUT2D eigenvalue weighted by atomic mass is 19.2. The Hall–Kier alpha value is -3.16. The Morgan fingerprint density at radius 2 is 2.04 bits per heavy atom. The molecule has 0 radical (unpaired) electrons. The summed E-state index contributed by atoms with van der Waals surface area (Å²) in [5.41, 5.74) is 2.29. The van der Waals surface area contributed by atoms with E-state index in [1.54, 1.807) is 19.2 Å². The quantitative estimate of drug-likeness (QED) is 0.732. The number of hydrogen-bond donors (Lipinski definition) is 0. The first kappa shape index (κ1) is 15.4. The van der Waals surface area contributed by atoms with E-state index in [0.717, 1.165) is 12.1 Å². The van der Waals surface area contributed by atoms with E-state index >= 15 is 0 Å². The van der Waals surface area contributed by atoms with Crippen molar-refractivity contribution in [3.8, 4) is 11.1 Å². The first-order valence-electron chi connectivity index (χ1n) is 7.55. The van der Waals surface area contributed by atoms with Crippen LogP contribution in [0, 0.1) is 18.6 Å². The van der Waals surface area contributed by atoms with Crippen molar-refractivity contribution in [3.05, 3.63) is 59.5 Å². The minimum Gasteiger partial charge on any atom is -0.340 e. The Morgan fingerprint density at radius 1 is 1.20 bits per heavy atom. The van der Waals surface area contributed by atoms with Gasteiger partial charge in [-0.1, -0.05) is 11.2 Å². The van der Waals surface area contributed by atoms with Crippen LogP contribution in [0.5, 0.6) is 0 Å². The fourth-order valence-corrected chi connectivity index (χ4v) is 2.78. The van der Waals surface area contributed by atoms with Crippen LogP contribution >= 0.6 is 0 Å². The van der Waals surface area contributed by atoms with Crippen molar-refractivity contribution in [2.45, 2.75) is 19.9 Å². The Labute approximate surface area is 141 Å². The van der Waals surface area contributed by atoms with Gasteiger partial charge in [0.15, 0.2) is 17.5 Å². The maximum atomic E-state index is 13.5. The molecule has 126 valence electrons. The highest BCUT2D eigenvalue weighted by Gasteiger charge is 2.30. The molecule has 25 heavy (non-hydrogen) atoms. The number of carbonyl (C=O) groups excluding carboxylic acids is 1. The van der Waals surface area contributed by atoms with Gasteiger partial charge in [-0.25, -0.2) is 8.78 Å². The van der Waals surface area contributed by atoms with Crippen LogP contribution in [0.3, 0.4) is 0 Å². The van der Waals surface area contributed by atoms with Gasteiger partial charge in [0, 0.05) is 18.7 Å². The van der Waals surface area contributed by atoms with Crippen LogP contribution in [0.2, 0.25) is 0 Å². The van der Waals surface area contributed by atoms with Gasteiger partial charge in [0.1, 0.15) is 0 Å². The van der Waals surface area contributed by atoms with Gasteiger partial charge in [0.2, 0.25) is 11.8 Å². The number of hydrogen-bond acceptors (Lipinski definition) is 5. The third-order valence-corrected chi connectivity index (χ3v) is 3.98. The molecular weight excluding hydrogens is 330 g/mol. The summed E-state index contributed by atoms with van der Waals surface area (Å²) < 4.78 is 31.5. The number of rotatable bonds is 3. The first-order valence-corrected chi connectivity index (χ1v) is 7.55. The van der Waals surface area contributed by atoms with Crippen LogP contribution in [0.25, 0.3) is 11.1 Å². The van der Waals surface area contributed by atoms with E-state index in [2.05, 4.69) is 15.1 Å². The molecule has 8 heteroatoms. The SMILES string of the molecule is Cc1nc(CN2C(=O)Cc3ncc(-c4ccc(F)c(F)c4)cc32)no1. The van der Waals surface area contributed by atoms with Crippen molar-refractivity contribution < 1.29 is 18.1 Å². The summed E-state index contributed by atoms with van der Waals surface area (Å²) in [5.74, 6) is -1.18. The standard InChI is InChI=1S/C17H12F2N4O2/c1-9-21-16(22-25-9)8-23-15-5-11(7-20-14(15)6-17(23)24)10-2-3-12(18)13(19)4-10/h2-5,7H,6,8H2,1H3. The Kier molecular flexibility index (Phi) is 3.52. The number of fused-ring (bicyclic) bond motifs is 1. The van der Waals surface area contributed by atoms with Crippen molar-refractivity contribution in [2.75, 3.05) is 4.90 Å². The Bertz CT molecular complexity index is 987. The summed E-state index contributed by atoms with van der Waals surface area (Å²) in [6, 6.07) is 5.35. The van der Waals surface area contributed by atoms with Gasteiger partial charge in [-0.15, -0.1) is 0 Å². The fourth-order valence-electron chi connectivity index (χ4n) is 2.78. The maximum Gasteiger partial charge on any atom is 0.233 e. The lowest BCUT2D eigenvalue weighted by molar-refractivity contribution is -0.117. The number of pyridine rings is 1. The summed E-state index contributed by atoms with van der Waals surface area (Å²) >= 11 is 0. The average Bonchev–Trinajstić information content (AvgIpc) is 3.13. The summed E-state index contributed by atoms with van der Waals surface area (Å²) in [5, 5.41) is 3.80. The number of nitrogens with zero attached hydrogens (tertiary/aromatic N) is 4. The molecule has 2 aromatic heterocycles. The lowest BCUT2D eigenvalue weighted by atomic mass is 10.1. The lowest BCUT2D eigenvalue weighted by Crippen LogP contribution is -2.26. The molecule has 0 unspecified atom stereocenters. The normalized spacial score (nSPS) is 13.4. The molecule has 1 aliphatic heterocycles. The second-order valence-corrected chi connectivity index (χ2v) is 5.70. The second kappa shape index (κ2) is 5.73. The van der Waals surface area contributed by atoms with Gasteiger partial charge < -0.3 is 9.42 Å². The van der Waals surface area contributed by atoms with Crippen molar-refractivity contribution in [1.82, 2.24) is 15.1 Å². The number of aromatic nitrogens is 3. The van der Waals surface area contributed by atoms with Crippen molar-refractivity contribution in [3.63, 3.8) is 0 Å². The molecule has 0 N–H and O–H groups in total. The summed E-state index contributed by atoms with van der Waals surface area (Å²) in [6.45, 7) is 1.82. The van der Waals surface area contributed by atoms with Gasteiger partial charge in [-0.05, 0) is 23.8 Å². The topological polar surface area (TPSA) is 72.1 Å². The third-order valence-electron chi connectivity index (χ3n) is 3.98. The van der Waals surface area contributed by atoms with Gasteiger partial charge in [0.25, 0.3) is 0 Å². The van der Waals surface area contributed by atoms with Crippen molar-refractivity contribution in [2.24, 2.45) is 0 Å². The summed E-state index contributed by atoms with van der Waals surface area (Å²) in [6.07, 6.45) is 1.71. The molecule has 0 atom stereocenters. The van der Waals surface area contributed by atoms with Crippen LogP contribution in [0.15, 0.2) is 35.0 Å². The molecule has 1 aliphatic rings. The summed E-state index contributed by atoms with van der Waals surface area (Å²) in [7, 11) is 0. The fraction of sp³-hybridized carbons (Fsp3) is 0.176. The van der Waals surface area contributed by atoms with Crippen LogP contribution in [0.1, 0.15) is 17.4 Å². The number of benzene rings is 1. The van der Waals surface area contributed by atoms with Crippen LogP contribution in [0.4, 0.5) is 14.5 Å². The number of halogens is 2. The van der Waals surface area contributed by atoms with E-state index in [0.29, 0.717) is 34.2 Å². The van der Waals surface area contributed by atoms with E-state index in [1.807, 2.05) is 0 Å². The van der Waals surface area contributed by atoms with Crippen LogP contribution < -0.4 is 4.90 Å². The molecule has 1 aromatic carbocycles. The molecule has 3 aromatic rings. The van der Waals surface area contributed by atoms with Gasteiger partial charge in [-0.3, -0.25) is 9.78 Å². The van der Waals surface area contributed by atoms with Crippen LogP contribution in [-0.4, -0.2) is 21.0 Å². The zero-order valence-electron chi connectivity index (χ0n) is 13.2. The Morgan fingerprint density at radius 3 is 2.76 bits per heavy atom. The van der Waals surface area contributed by atoms with E-state index in [-0.39, 0.29) is 18.9 Å². The maximum absolute atomic E-state index is 13.5. The molecule has 1 amide bonds. The monoisotopic (exact) mass is 342 g/mol. The molecule has 4 rings (SSSR count). The predicted octanol–water partition coefficient (Wildman–Crippen LogP) is 2.81. The second-order valence-electron chi connectivity index (χ2n) is 5.70. The van der Waals surface area contributed by atoms with Gasteiger partial charge in [-0.2, -0.15) is 4.98 Å². The minimum atomic E-state index is -0.937. The van der Waals surface area contributed by atoms with Gasteiger partial charge in [0.05, 0.1) is 24.3 Å². The predicted molar refractivity (Wildman–Crippen MR) is 83.5 cm³/mol. The number of amides is 1. The van der Waals surface area contributed by atoms with E-state index < -0.39 is 11.6 Å². The molecule has 0 saturated carbocycles. The van der Waals surface area contributed by atoms with Crippen LogP contribution in [-0.2, 0) is 17.8 Å². The molecule has 0 aliphatic carbocycles.